The summed E-state index contributed by atoms with van der Waals surface area (Å²) in [5, 5.41) is 5.22. The van der Waals surface area contributed by atoms with Gasteiger partial charge in [0.05, 0.1) is 23.3 Å². The van der Waals surface area contributed by atoms with E-state index in [0.717, 1.165) is 54.3 Å². The van der Waals surface area contributed by atoms with E-state index in [-0.39, 0.29) is 17.6 Å². The number of fused-ring (bicyclic) bond motifs is 1. The first-order valence-electron chi connectivity index (χ1n) is 10.2. The Kier molecular flexibility index (Phi) is 5.15. The van der Waals surface area contributed by atoms with Gasteiger partial charge in [0.2, 0.25) is 0 Å². The molecule has 0 aliphatic carbocycles. The molecule has 9 heteroatoms. The fourth-order valence-corrected chi connectivity index (χ4v) is 4.42. The summed E-state index contributed by atoms with van der Waals surface area (Å²) in [6.45, 7) is 10.2. The van der Waals surface area contributed by atoms with Crippen molar-refractivity contribution in [3.05, 3.63) is 35.0 Å². The van der Waals surface area contributed by atoms with Gasteiger partial charge in [-0.2, -0.15) is 5.10 Å². The second kappa shape index (κ2) is 7.64. The second-order valence-corrected chi connectivity index (χ2v) is 7.95. The number of anilines is 1. The van der Waals surface area contributed by atoms with Crippen LogP contribution in [0.2, 0.25) is 0 Å². The summed E-state index contributed by atoms with van der Waals surface area (Å²) in [6, 6.07) is -0.271. The van der Waals surface area contributed by atoms with Crippen molar-refractivity contribution in [2.45, 2.75) is 33.7 Å². The lowest BCUT2D eigenvalue weighted by atomic mass is 10.0. The number of hydrogen-bond donors (Lipinski definition) is 1. The lowest BCUT2D eigenvalue weighted by Gasteiger charge is -2.38. The van der Waals surface area contributed by atoms with E-state index in [9.17, 15) is 9.59 Å². The Balaban J connectivity index is 1.48. The zero-order valence-corrected chi connectivity index (χ0v) is 18.1. The van der Waals surface area contributed by atoms with E-state index in [2.05, 4.69) is 29.9 Å². The van der Waals surface area contributed by atoms with Crippen molar-refractivity contribution in [2.24, 2.45) is 7.05 Å². The molecule has 0 saturated carbocycles. The van der Waals surface area contributed by atoms with Gasteiger partial charge in [-0.25, -0.2) is 9.97 Å². The number of nitrogens with one attached hydrogen (secondary N) is 1. The Bertz CT molecular complexity index is 1120. The van der Waals surface area contributed by atoms with Crippen LogP contribution in [0.15, 0.2) is 12.5 Å². The summed E-state index contributed by atoms with van der Waals surface area (Å²) in [7, 11) is 1.87. The minimum atomic E-state index is -0.271. The molecule has 9 nitrogen and oxygen atoms in total. The molecule has 0 aromatic carbocycles. The summed E-state index contributed by atoms with van der Waals surface area (Å²) in [6.07, 6.45) is 3.37. The van der Waals surface area contributed by atoms with Gasteiger partial charge in [-0.15, -0.1) is 0 Å². The van der Waals surface area contributed by atoms with Gasteiger partial charge in [0, 0.05) is 44.5 Å². The fourth-order valence-electron chi connectivity index (χ4n) is 4.42. The Morgan fingerprint density at radius 1 is 1.13 bits per heavy atom. The van der Waals surface area contributed by atoms with E-state index in [1.54, 1.807) is 17.2 Å². The van der Waals surface area contributed by atoms with Crippen molar-refractivity contribution in [3.8, 4) is 0 Å². The first kappa shape index (κ1) is 20.2. The predicted molar refractivity (Wildman–Crippen MR) is 114 cm³/mol. The minimum absolute atomic E-state index is 0.0202. The maximum atomic E-state index is 13.2. The number of rotatable bonds is 5. The molecule has 4 heterocycles. The van der Waals surface area contributed by atoms with Crippen LogP contribution in [-0.4, -0.2) is 73.4 Å². The highest BCUT2D eigenvalue weighted by atomic mass is 16.1. The van der Waals surface area contributed by atoms with E-state index in [4.69, 9.17) is 0 Å². The zero-order chi connectivity index (χ0) is 21.6. The maximum absolute atomic E-state index is 13.2. The fraction of sp³-hybridized carbons (Fsp3) is 0.476. The van der Waals surface area contributed by atoms with Crippen molar-refractivity contribution >= 4 is 28.4 Å². The van der Waals surface area contributed by atoms with Gasteiger partial charge in [-0.3, -0.25) is 19.2 Å². The normalized spacial score (nSPS) is 16.2. The number of ketones is 2. The number of Topliss-reactive ketones (excluding diaryl/α,β-unsaturated/α-hetero) is 2. The topological polar surface area (TPSA) is 100 Å². The highest BCUT2D eigenvalue weighted by Crippen LogP contribution is 2.25. The SMILES string of the molecule is CC(=O)c1c(C)[nH]c(C(=O)[C@H](C)N2CCN(c3ncnc4c3cnn4C)CC2)c1C. The molecule has 158 valence electrons. The van der Waals surface area contributed by atoms with E-state index in [1.807, 2.05) is 27.8 Å². The molecule has 1 N–H and O–H groups in total. The molecule has 1 fully saturated rings. The molecule has 4 rings (SSSR count). The largest absolute Gasteiger partial charge is 0.355 e. The smallest absolute Gasteiger partial charge is 0.196 e. The number of carbonyl (C=O) groups is 2. The Morgan fingerprint density at radius 2 is 1.83 bits per heavy atom. The zero-order valence-electron chi connectivity index (χ0n) is 18.1. The van der Waals surface area contributed by atoms with E-state index < -0.39 is 0 Å². The molecule has 0 bridgehead atoms. The number of nitrogens with zero attached hydrogens (tertiary/aromatic N) is 6. The highest BCUT2D eigenvalue weighted by Gasteiger charge is 2.30. The standard InChI is InChI=1S/C21H27N7O2/c1-12-17(15(4)29)13(2)25-18(12)19(30)14(3)27-6-8-28(9-7-27)21-16-10-24-26(5)20(16)22-11-23-21/h10-11,14,25H,6-9H2,1-5H3/t14-/m0/s1. The number of hydrogen-bond acceptors (Lipinski definition) is 7. The van der Waals surface area contributed by atoms with Crippen molar-refractivity contribution in [3.63, 3.8) is 0 Å². The predicted octanol–water partition coefficient (Wildman–Crippen LogP) is 1.90. The van der Waals surface area contributed by atoms with Crippen LogP contribution in [-0.2, 0) is 7.05 Å². The third-order valence-corrected chi connectivity index (χ3v) is 6.09. The second-order valence-electron chi connectivity index (χ2n) is 7.95. The van der Waals surface area contributed by atoms with Crippen molar-refractivity contribution < 1.29 is 9.59 Å². The number of aromatic nitrogens is 5. The highest BCUT2D eigenvalue weighted by molar-refractivity contribution is 6.05. The van der Waals surface area contributed by atoms with Crippen LogP contribution in [0, 0.1) is 13.8 Å². The molecule has 1 aliphatic rings. The van der Waals surface area contributed by atoms with Crippen molar-refractivity contribution in [1.82, 2.24) is 29.6 Å². The summed E-state index contributed by atoms with van der Waals surface area (Å²) < 4.78 is 1.74. The van der Waals surface area contributed by atoms with Crippen molar-refractivity contribution in [2.75, 3.05) is 31.1 Å². The van der Waals surface area contributed by atoms with Gasteiger partial charge in [0.25, 0.3) is 0 Å². The van der Waals surface area contributed by atoms with Crippen LogP contribution < -0.4 is 4.90 Å². The molecule has 1 saturated heterocycles. The monoisotopic (exact) mass is 409 g/mol. The molecular weight excluding hydrogens is 382 g/mol. The summed E-state index contributed by atoms with van der Waals surface area (Å²) in [4.78, 5) is 41.4. The number of aryl methyl sites for hydroxylation is 2. The van der Waals surface area contributed by atoms with Crippen LogP contribution in [0.5, 0.6) is 0 Å². The van der Waals surface area contributed by atoms with E-state index in [0.29, 0.717) is 11.3 Å². The molecule has 30 heavy (non-hydrogen) atoms. The molecule has 1 atom stereocenters. The van der Waals surface area contributed by atoms with Crippen LogP contribution >= 0.6 is 0 Å². The van der Waals surface area contributed by atoms with Crippen LogP contribution in [0.1, 0.15) is 46.0 Å². The van der Waals surface area contributed by atoms with Crippen LogP contribution in [0.4, 0.5) is 5.82 Å². The lowest BCUT2D eigenvalue weighted by molar-refractivity contribution is 0.0824. The molecule has 3 aromatic rings. The van der Waals surface area contributed by atoms with Gasteiger partial charge < -0.3 is 9.88 Å². The number of H-pyrrole nitrogens is 1. The van der Waals surface area contributed by atoms with Crippen LogP contribution in [0.3, 0.4) is 0 Å². The quantitative estimate of drug-likeness (QED) is 0.643. The Hall–Kier alpha value is -3.07. The first-order chi connectivity index (χ1) is 14.3. The molecule has 0 unspecified atom stereocenters. The molecule has 0 radical (unpaired) electrons. The number of piperazine rings is 1. The van der Waals surface area contributed by atoms with E-state index in [1.165, 1.54) is 6.92 Å². The summed E-state index contributed by atoms with van der Waals surface area (Å²) >= 11 is 0. The number of carbonyl (C=O) groups excluding carboxylic acids is 2. The summed E-state index contributed by atoms with van der Waals surface area (Å²) in [5.41, 5.74) is 3.48. The van der Waals surface area contributed by atoms with Gasteiger partial charge in [-0.05, 0) is 33.3 Å². The lowest BCUT2D eigenvalue weighted by Crippen LogP contribution is -2.52. The van der Waals surface area contributed by atoms with Crippen molar-refractivity contribution in [1.29, 1.82) is 0 Å². The average Bonchev–Trinajstić information content (AvgIpc) is 3.26. The Morgan fingerprint density at radius 3 is 2.47 bits per heavy atom. The maximum Gasteiger partial charge on any atom is 0.196 e. The van der Waals surface area contributed by atoms with E-state index >= 15 is 0 Å². The van der Waals surface area contributed by atoms with Gasteiger partial charge in [0.1, 0.15) is 12.1 Å². The molecule has 3 aromatic heterocycles. The molecule has 1 aliphatic heterocycles. The molecule has 0 amide bonds. The molecule has 0 spiro atoms. The third kappa shape index (κ3) is 3.28. The van der Waals surface area contributed by atoms with Gasteiger partial charge in [0.15, 0.2) is 17.2 Å². The first-order valence-corrected chi connectivity index (χ1v) is 10.2. The van der Waals surface area contributed by atoms with Crippen LogP contribution in [0.25, 0.3) is 11.0 Å². The van der Waals surface area contributed by atoms with Gasteiger partial charge >= 0.3 is 0 Å². The summed E-state index contributed by atoms with van der Waals surface area (Å²) in [5.74, 6) is 0.884. The Labute approximate surface area is 175 Å². The van der Waals surface area contributed by atoms with Gasteiger partial charge in [-0.1, -0.05) is 0 Å². The minimum Gasteiger partial charge on any atom is -0.355 e. The average molecular weight is 409 g/mol. The number of aromatic amines is 1. The third-order valence-electron chi connectivity index (χ3n) is 6.09. The molecular formula is C21H27N7O2.